The third-order valence-electron chi connectivity index (χ3n) is 3.94. The number of aryl methyl sites for hydroxylation is 2. The van der Waals surface area contributed by atoms with Gasteiger partial charge in [-0.05, 0) is 72.7 Å². The van der Waals surface area contributed by atoms with Crippen LogP contribution in [-0.2, 0) is 6.54 Å². The third-order valence-corrected chi connectivity index (χ3v) is 6.86. The van der Waals surface area contributed by atoms with Crippen molar-refractivity contribution in [3.05, 3.63) is 64.5 Å². The van der Waals surface area contributed by atoms with Crippen molar-refractivity contribution < 1.29 is 0 Å². The van der Waals surface area contributed by atoms with E-state index in [-0.39, 0.29) is 0 Å². The van der Waals surface area contributed by atoms with Gasteiger partial charge in [0.15, 0.2) is 0 Å². The standard InChI is InChI=1S/C20H21NS3/c1-13-5-4-6-14(2)20(13)15-9-17(22-3)11-18(10-15)24-19-8-7-16(12-21)23-19/h4-11H,12,21H2,1-3H3. The first-order chi connectivity index (χ1) is 11.6. The summed E-state index contributed by atoms with van der Waals surface area (Å²) in [5.41, 5.74) is 11.0. The average Bonchev–Trinajstić information content (AvgIpc) is 3.02. The van der Waals surface area contributed by atoms with E-state index in [1.807, 2.05) is 11.8 Å². The second kappa shape index (κ2) is 7.79. The molecule has 0 aliphatic rings. The van der Waals surface area contributed by atoms with Gasteiger partial charge < -0.3 is 5.73 Å². The van der Waals surface area contributed by atoms with Crippen LogP contribution >= 0.6 is 34.9 Å². The van der Waals surface area contributed by atoms with E-state index in [0.717, 1.165) is 0 Å². The number of hydrogen-bond acceptors (Lipinski definition) is 4. The van der Waals surface area contributed by atoms with Gasteiger partial charge in [0.1, 0.15) is 0 Å². The van der Waals surface area contributed by atoms with Crippen molar-refractivity contribution >= 4 is 34.9 Å². The predicted molar refractivity (Wildman–Crippen MR) is 109 cm³/mol. The molecule has 0 fully saturated rings. The molecule has 0 bridgehead atoms. The van der Waals surface area contributed by atoms with E-state index in [2.05, 4.69) is 68.6 Å². The molecule has 0 saturated heterocycles. The van der Waals surface area contributed by atoms with Crippen LogP contribution in [0, 0.1) is 13.8 Å². The molecule has 0 aliphatic carbocycles. The molecule has 1 heterocycles. The van der Waals surface area contributed by atoms with Gasteiger partial charge in [0.2, 0.25) is 0 Å². The van der Waals surface area contributed by atoms with E-state index in [1.165, 1.54) is 41.1 Å². The molecule has 0 radical (unpaired) electrons. The molecular weight excluding hydrogens is 350 g/mol. The van der Waals surface area contributed by atoms with Gasteiger partial charge in [-0.2, -0.15) is 0 Å². The highest BCUT2D eigenvalue weighted by atomic mass is 32.2. The zero-order valence-electron chi connectivity index (χ0n) is 14.1. The SMILES string of the molecule is CSc1cc(Sc2ccc(CN)s2)cc(-c2c(C)cccc2C)c1. The van der Waals surface area contributed by atoms with Crippen LogP contribution in [0.4, 0.5) is 0 Å². The average molecular weight is 372 g/mol. The Bertz CT molecular complexity index is 832. The Morgan fingerprint density at radius 1 is 0.958 bits per heavy atom. The molecule has 24 heavy (non-hydrogen) atoms. The molecule has 0 unspecified atom stereocenters. The molecule has 0 saturated carbocycles. The number of nitrogens with two attached hydrogens (primary N) is 1. The van der Waals surface area contributed by atoms with Gasteiger partial charge in [0.25, 0.3) is 0 Å². The van der Waals surface area contributed by atoms with E-state index >= 15 is 0 Å². The number of thioether (sulfide) groups is 1. The smallest absolute Gasteiger partial charge is 0.0649 e. The van der Waals surface area contributed by atoms with Crippen molar-refractivity contribution in [2.45, 2.75) is 34.4 Å². The van der Waals surface area contributed by atoms with Gasteiger partial charge in [-0.3, -0.25) is 0 Å². The molecule has 0 atom stereocenters. The Hall–Kier alpha value is -1.20. The minimum Gasteiger partial charge on any atom is -0.326 e. The molecule has 0 amide bonds. The summed E-state index contributed by atoms with van der Waals surface area (Å²) in [5.74, 6) is 0. The summed E-state index contributed by atoms with van der Waals surface area (Å²) in [5, 5.41) is 0. The van der Waals surface area contributed by atoms with Gasteiger partial charge in [-0.1, -0.05) is 30.0 Å². The number of hydrogen-bond donors (Lipinski definition) is 1. The fraction of sp³-hybridized carbons (Fsp3) is 0.200. The van der Waals surface area contributed by atoms with Gasteiger partial charge in [0.05, 0.1) is 4.21 Å². The lowest BCUT2D eigenvalue weighted by Gasteiger charge is -2.13. The van der Waals surface area contributed by atoms with Crippen molar-refractivity contribution in [2.75, 3.05) is 6.26 Å². The van der Waals surface area contributed by atoms with Gasteiger partial charge in [0, 0.05) is 21.2 Å². The van der Waals surface area contributed by atoms with Crippen LogP contribution in [0.5, 0.6) is 0 Å². The highest BCUT2D eigenvalue weighted by molar-refractivity contribution is 8.01. The van der Waals surface area contributed by atoms with Crippen LogP contribution in [0.2, 0.25) is 0 Å². The lowest BCUT2D eigenvalue weighted by Crippen LogP contribution is -1.91. The Morgan fingerprint density at radius 2 is 1.67 bits per heavy atom. The van der Waals surface area contributed by atoms with E-state index in [9.17, 15) is 0 Å². The number of thiophene rings is 1. The molecule has 3 rings (SSSR count). The lowest BCUT2D eigenvalue weighted by atomic mass is 9.96. The molecule has 0 aliphatic heterocycles. The van der Waals surface area contributed by atoms with Crippen LogP contribution in [0.3, 0.4) is 0 Å². The molecule has 1 aromatic heterocycles. The maximum atomic E-state index is 5.73. The lowest BCUT2D eigenvalue weighted by molar-refractivity contribution is 1.11. The summed E-state index contributed by atoms with van der Waals surface area (Å²) in [4.78, 5) is 3.81. The molecule has 0 spiro atoms. The van der Waals surface area contributed by atoms with Crippen molar-refractivity contribution in [1.29, 1.82) is 0 Å². The minimum absolute atomic E-state index is 0.615. The molecule has 1 nitrogen and oxygen atoms in total. The van der Waals surface area contributed by atoms with E-state index < -0.39 is 0 Å². The minimum atomic E-state index is 0.615. The molecule has 124 valence electrons. The summed E-state index contributed by atoms with van der Waals surface area (Å²) >= 11 is 5.40. The Morgan fingerprint density at radius 3 is 2.29 bits per heavy atom. The highest BCUT2D eigenvalue weighted by Crippen LogP contribution is 2.38. The summed E-state index contributed by atoms with van der Waals surface area (Å²) in [6.07, 6.45) is 2.13. The first-order valence-corrected chi connectivity index (χ1v) is 10.7. The van der Waals surface area contributed by atoms with Crippen molar-refractivity contribution in [2.24, 2.45) is 5.73 Å². The number of benzene rings is 2. The van der Waals surface area contributed by atoms with Gasteiger partial charge >= 0.3 is 0 Å². The molecule has 4 heteroatoms. The van der Waals surface area contributed by atoms with E-state index in [4.69, 9.17) is 5.73 Å². The zero-order valence-corrected chi connectivity index (χ0v) is 16.6. The summed E-state index contributed by atoms with van der Waals surface area (Å²) in [6, 6.07) is 17.7. The molecule has 2 N–H and O–H groups in total. The maximum absolute atomic E-state index is 5.73. The molecule has 2 aromatic carbocycles. The maximum Gasteiger partial charge on any atom is 0.0649 e. The molecule has 3 aromatic rings. The van der Waals surface area contributed by atoms with Crippen LogP contribution < -0.4 is 5.73 Å². The fourth-order valence-corrected chi connectivity index (χ4v) is 5.50. The van der Waals surface area contributed by atoms with Crippen LogP contribution in [0.25, 0.3) is 11.1 Å². The quantitative estimate of drug-likeness (QED) is 0.528. The monoisotopic (exact) mass is 371 g/mol. The van der Waals surface area contributed by atoms with Crippen LogP contribution in [-0.4, -0.2) is 6.26 Å². The van der Waals surface area contributed by atoms with Crippen molar-refractivity contribution in [1.82, 2.24) is 0 Å². The van der Waals surface area contributed by atoms with Crippen molar-refractivity contribution in [3.63, 3.8) is 0 Å². The fourth-order valence-electron chi connectivity index (χ4n) is 2.80. The van der Waals surface area contributed by atoms with Crippen LogP contribution in [0.1, 0.15) is 16.0 Å². The molecular formula is C20H21NS3. The van der Waals surface area contributed by atoms with Gasteiger partial charge in [-0.15, -0.1) is 23.1 Å². The Kier molecular flexibility index (Phi) is 5.72. The van der Waals surface area contributed by atoms with E-state index in [0.29, 0.717) is 6.54 Å². The normalized spacial score (nSPS) is 11.0. The Labute approximate surface area is 156 Å². The summed E-state index contributed by atoms with van der Waals surface area (Å²) in [6.45, 7) is 4.99. The van der Waals surface area contributed by atoms with Crippen molar-refractivity contribution in [3.8, 4) is 11.1 Å². The number of rotatable bonds is 5. The predicted octanol–water partition coefficient (Wildman–Crippen LogP) is 6.36. The second-order valence-electron chi connectivity index (χ2n) is 5.69. The first-order valence-electron chi connectivity index (χ1n) is 7.83. The third kappa shape index (κ3) is 3.89. The first kappa shape index (κ1) is 17.6. The van der Waals surface area contributed by atoms with Crippen LogP contribution in [0.15, 0.2) is 62.5 Å². The summed E-state index contributed by atoms with van der Waals surface area (Å²) < 4.78 is 1.29. The Balaban J connectivity index is 2.02. The van der Waals surface area contributed by atoms with Gasteiger partial charge in [-0.25, -0.2) is 0 Å². The highest BCUT2D eigenvalue weighted by Gasteiger charge is 2.10. The summed E-state index contributed by atoms with van der Waals surface area (Å²) in [7, 11) is 0. The largest absolute Gasteiger partial charge is 0.326 e. The zero-order chi connectivity index (χ0) is 17.1. The topological polar surface area (TPSA) is 26.0 Å². The van der Waals surface area contributed by atoms with E-state index in [1.54, 1.807) is 23.1 Å². The second-order valence-corrected chi connectivity index (χ2v) is 9.11.